The van der Waals surface area contributed by atoms with Gasteiger partial charge in [0.25, 0.3) is 11.8 Å². The van der Waals surface area contributed by atoms with Gasteiger partial charge in [0, 0.05) is 11.2 Å². The maximum atomic E-state index is 12.9. The van der Waals surface area contributed by atoms with Gasteiger partial charge in [-0.25, -0.2) is 10.4 Å². The molecule has 0 bridgehead atoms. The summed E-state index contributed by atoms with van der Waals surface area (Å²) in [5, 5.41) is 1.47. The number of benzene rings is 3. The molecule has 0 aromatic heterocycles. The monoisotopic (exact) mass is 473 g/mol. The molecule has 0 saturated heterocycles. The lowest BCUT2D eigenvalue weighted by atomic mass is 9.72. The van der Waals surface area contributed by atoms with Gasteiger partial charge in [0.15, 0.2) is 0 Å². The van der Waals surface area contributed by atoms with E-state index in [1.165, 1.54) is 7.11 Å². The summed E-state index contributed by atoms with van der Waals surface area (Å²) in [5.74, 6) is -1.64. The summed E-state index contributed by atoms with van der Waals surface area (Å²) < 4.78 is 5.05. The second-order valence-electron chi connectivity index (χ2n) is 8.15. The molecule has 2 aliphatic heterocycles. The number of aliphatic imine (C=N–C) groups is 1. The smallest absolute Gasteiger partial charge is 0.324 e. The SMILES string of the molecule is COC(=O)[C@H](CC1(c2ccc(Cl)cc2)C=Nc2ccccc21)NN1C(=O)c2ccccc2C1=O. The lowest BCUT2D eigenvalue weighted by Crippen LogP contribution is -2.54. The van der Waals surface area contributed by atoms with Gasteiger partial charge in [-0.3, -0.25) is 19.4 Å². The highest BCUT2D eigenvalue weighted by Gasteiger charge is 2.45. The average molecular weight is 474 g/mol. The Balaban J connectivity index is 1.54. The van der Waals surface area contributed by atoms with Crippen molar-refractivity contribution in [3.63, 3.8) is 0 Å². The number of hydrazine groups is 1. The third-order valence-electron chi connectivity index (χ3n) is 6.26. The maximum absolute atomic E-state index is 12.9. The molecule has 2 heterocycles. The standard InChI is InChI=1S/C26H20ClN3O4/c1-34-25(33)22(29-30-23(31)18-6-2-3-7-19(18)24(30)32)14-26(16-10-12-17(27)13-11-16)15-28-21-9-5-4-8-20(21)26/h2-13,15,22,29H,14H2,1H3/t22-,26?/m0/s1. The van der Waals surface area contributed by atoms with E-state index in [4.69, 9.17) is 16.3 Å². The van der Waals surface area contributed by atoms with Crippen LogP contribution in [0.15, 0.2) is 77.8 Å². The molecule has 0 radical (unpaired) electrons. The quantitative estimate of drug-likeness (QED) is 0.430. The molecule has 0 saturated carbocycles. The molecular formula is C26H20ClN3O4. The van der Waals surface area contributed by atoms with Crippen molar-refractivity contribution in [3.05, 3.63) is 100 Å². The molecule has 3 aromatic rings. The highest BCUT2D eigenvalue weighted by Crippen LogP contribution is 2.45. The van der Waals surface area contributed by atoms with Crippen molar-refractivity contribution in [1.29, 1.82) is 0 Å². The topological polar surface area (TPSA) is 88.1 Å². The minimum atomic E-state index is -1.03. The first kappa shape index (κ1) is 22.0. The molecule has 2 atom stereocenters. The first-order valence-electron chi connectivity index (χ1n) is 10.7. The summed E-state index contributed by atoms with van der Waals surface area (Å²) >= 11 is 6.13. The third kappa shape index (κ3) is 3.50. The number of para-hydroxylation sites is 1. The molecule has 0 spiro atoms. The van der Waals surface area contributed by atoms with Gasteiger partial charge in [-0.05, 0) is 47.9 Å². The zero-order chi connectivity index (χ0) is 23.9. The molecule has 0 fully saturated rings. The van der Waals surface area contributed by atoms with Gasteiger partial charge < -0.3 is 4.74 Å². The van der Waals surface area contributed by atoms with E-state index in [0.29, 0.717) is 5.02 Å². The number of halogens is 1. The van der Waals surface area contributed by atoms with Crippen molar-refractivity contribution in [2.45, 2.75) is 17.9 Å². The van der Waals surface area contributed by atoms with E-state index in [9.17, 15) is 14.4 Å². The molecule has 5 rings (SSSR count). The van der Waals surface area contributed by atoms with Gasteiger partial charge in [0.1, 0.15) is 6.04 Å². The number of carbonyl (C=O) groups excluding carboxylic acids is 3. The van der Waals surface area contributed by atoms with Crippen molar-refractivity contribution < 1.29 is 19.1 Å². The Morgan fingerprint density at radius 3 is 2.26 bits per heavy atom. The van der Waals surface area contributed by atoms with Crippen molar-refractivity contribution in [2.24, 2.45) is 4.99 Å². The van der Waals surface area contributed by atoms with Crippen LogP contribution in [0.2, 0.25) is 5.02 Å². The number of ether oxygens (including phenoxy) is 1. The van der Waals surface area contributed by atoms with Crippen LogP contribution in [0.1, 0.15) is 38.3 Å². The second-order valence-corrected chi connectivity index (χ2v) is 8.59. The van der Waals surface area contributed by atoms with Crippen LogP contribution in [0.3, 0.4) is 0 Å². The molecule has 3 aromatic carbocycles. The molecule has 1 N–H and O–H groups in total. The third-order valence-corrected chi connectivity index (χ3v) is 6.51. The minimum Gasteiger partial charge on any atom is -0.468 e. The summed E-state index contributed by atoms with van der Waals surface area (Å²) in [7, 11) is 1.27. The number of methoxy groups -OCH3 is 1. The fraction of sp³-hybridized carbons (Fsp3) is 0.154. The predicted molar refractivity (Wildman–Crippen MR) is 127 cm³/mol. The fourth-order valence-electron chi connectivity index (χ4n) is 4.58. The van der Waals surface area contributed by atoms with Crippen molar-refractivity contribution in [2.75, 3.05) is 7.11 Å². The number of imide groups is 1. The zero-order valence-electron chi connectivity index (χ0n) is 18.2. The number of carbonyl (C=O) groups is 3. The Bertz CT molecular complexity index is 1300. The van der Waals surface area contributed by atoms with E-state index in [1.54, 1.807) is 42.6 Å². The predicted octanol–water partition coefficient (Wildman–Crippen LogP) is 4.07. The Morgan fingerprint density at radius 2 is 1.62 bits per heavy atom. The fourth-order valence-corrected chi connectivity index (χ4v) is 4.70. The molecule has 170 valence electrons. The normalized spacial score (nSPS) is 19.2. The summed E-state index contributed by atoms with van der Waals surface area (Å²) in [6.07, 6.45) is 1.94. The van der Waals surface area contributed by atoms with Crippen LogP contribution in [0.5, 0.6) is 0 Å². The number of fused-ring (bicyclic) bond motifs is 2. The van der Waals surface area contributed by atoms with Crippen molar-refractivity contribution in [3.8, 4) is 0 Å². The Labute approximate surface area is 201 Å². The summed E-state index contributed by atoms with van der Waals surface area (Å²) in [4.78, 5) is 43.4. The molecule has 0 aliphatic carbocycles. The maximum Gasteiger partial charge on any atom is 0.324 e. The van der Waals surface area contributed by atoms with Crippen LogP contribution >= 0.6 is 11.6 Å². The van der Waals surface area contributed by atoms with E-state index in [1.807, 2.05) is 36.4 Å². The molecule has 1 unspecified atom stereocenters. The van der Waals surface area contributed by atoms with Crippen LogP contribution in [0.25, 0.3) is 0 Å². The van der Waals surface area contributed by atoms with Gasteiger partial charge in [-0.2, -0.15) is 0 Å². The van der Waals surface area contributed by atoms with Crippen molar-refractivity contribution >= 4 is 41.3 Å². The molecule has 7 nitrogen and oxygen atoms in total. The van der Waals surface area contributed by atoms with Crippen LogP contribution < -0.4 is 5.43 Å². The summed E-state index contributed by atoms with van der Waals surface area (Å²) in [6.45, 7) is 0. The molecule has 2 aliphatic rings. The number of rotatable bonds is 6. The number of amides is 2. The van der Waals surface area contributed by atoms with E-state index in [0.717, 1.165) is 21.8 Å². The van der Waals surface area contributed by atoms with Gasteiger partial charge in [-0.1, -0.05) is 54.1 Å². The van der Waals surface area contributed by atoms with Crippen LogP contribution in [0.4, 0.5) is 5.69 Å². The molecule has 2 amide bonds. The highest BCUT2D eigenvalue weighted by molar-refractivity contribution is 6.30. The molecule has 34 heavy (non-hydrogen) atoms. The number of nitrogens with zero attached hydrogens (tertiary/aromatic N) is 2. The van der Waals surface area contributed by atoms with Gasteiger partial charge in [0.05, 0.1) is 29.3 Å². The minimum absolute atomic E-state index is 0.148. The largest absolute Gasteiger partial charge is 0.468 e. The van der Waals surface area contributed by atoms with Gasteiger partial charge in [-0.15, -0.1) is 0 Å². The van der Waals surface area contributed by atoms with E-state index in [2.05, 4.69) is 10.4 Å². The number of esters is 1. The summed E-state index contributed by atoms with van der Waals surface area (Å²) in [6, 6.07) is 20.5. The van der Waals surface area contributed by atoms with Crippen molar-refractivity contribution in [1.82, 2.24) is 10.4 Å². The lowest BCUT2D eigenvalue weighted by molar-refractivity contribution is -0.144. The average Bonchev–Trinajstić information content (AvgIpc) is 3.35. The molecular weight excluding hydrogens is 454 g/mol. The van der Waals surface area contributed by atoms with E-state index in [-0.39, 0.29) is 17.5 Å². The summed E-state index contributed by atoms with van der Waals surface area (Å²) in [5.41, 5.74) is 5.14. The molecule has 8 heteroatoms. The van der Waals surface area contributed by atoms with Crippen LogP contribution in [-0.4, -0.2) is 42.2 Å². The van der Waals surface area contributed by atoms with Gasteiger partial charge >= 0.3 is 5.97 Å². The van der Waals surface area contributed by atoms with E-state index < -0.39 is 29.2 Å². The highest BCUT2D eigenvalue weighted by atomic mass is 35.5. The first-order valence-corrected chi connectivity index (χ1v) is 11.0. The zero-order valence-corrected chi connectivity index (χ0v) is 19.0. The van der Waals surface area contributed by atoms with Gasteiger partial charge in [0.2, 0.25) is 0 Å². The first-order chi connectivity index (χ1) is 16.4. The number of hydrogen-bond acceptors (Lipinski definition) is 6. The van der Waals surface area contributed by atoms with Crippen LogP contribution in [0, 0.1) is 0 Å². The van der Waals surface area contributed by atoms with Crippen LogP contribution in [-0.2, 0) is 14.9 Å². The Kier molecular flexibility index (Phi) is 5.51. The number of nitrogens with one attached hydrogen (secondary N) is 1. The Hall–Kier alpha value is -3.81. The second kappa shape index (κ2) is 8.52. The number of hydrogen-bond donors (Lipinski definition) is 1. The van der Waals surface area contributed by atoms with E-state index >= 15 is 0 Å². The Morgan fingerprint density at radius 1 is 1.00 bits per heavy atom. The lowest BCUT2D eigenvalue weighted by Gasteiger charge is -2.33.